The van der Waals surface area contributed by atoms with E-state index in [1.165, 1.54) is 18.7 Å². The molecule has 0 aliphatic carbocycles. The van der Waals surface area contributed by atoms with Crippen LogP contribution in [-0.2, 0) is 14.3 Å². The zero-order valence-electron chi connectivity index (χ0n) is 16.4. The molecule has 0 spiro atoms. The van der Waals surface area contributed by atoms with E-state index in [1.54, 1.807) is 12.1 Å². The Balaban J connectivity index is 1.40. The molecule has 0 amide bonds. The third kappa shape index (κ3) is 3.40. The Morgan fingerprint density at radius 1 is 1.24 bits per heavy atom. The van der Waals surface area contributed by atoms with Crippen molar-refractivity contribution in [2.24, 2.45) is 5.92 Å². The lowest BCUT2D eigenvalue weighted by Gasteiger charge is -2.21. The molecular formula is C23H25FN2O3. The van der Waals surface area contributed by atoms with Crippen LogP contribution in [0.15, 0.2) is 42.5 Å². The van der Waals surface area contributed by atoms with Crippen LogP contribution in [0.5, 0.6) is 0 Å². The minimum absolute atomic E-state index is 0.0451. The minimum Gasteiger partial charge on any atom is -0.469 e. The number of hydrogen-bond donors (Lipinski definition) is 1. The maximum Gasteiger partial charge on any atom is 0.310 e. The summed E-state index contributed by atoms with van der Waals surface area (Å²) in [5.41, 5.74) is 4.05. The highest BCUT2D eigenvalue weighted by Gasteiger charge is 2.42. The van der Waals surface area contributed by atoms with Gasteiger partial charge >= 0.3 is 5.97 Å². The summed E-state index contributed by atoms with van der Waals surface area (Å²) in [5.74, 6) is -0.255. The minimum atomic E-state index is -0.247. The highest BCUT2D eigenvalue weighted by Crippen LogP contribution is 2.51. The number of esters is 1. The number of likely N-dealkylation sites (tertiary alicyclic amines) is 1. The monoisotopic (exact) mass is 396 g/mol. The first-order valence-corrected chi connectivity index (χ1v) is 10.2. The van der Waals surface area contributed by atoms with Crippen molar-refractivity contribution in [3.8, 4) is 0 Å². The maximum absolute atomic E-state index is 14.1. The molecule has 0 bridgehead atoms. The average Bonchev–Trinajstić information content (AvgIpc) is 3.34. The Hall–Kier alpha value is -2.44. The van der Waals surface area contributed by atoms with Crippen molar-refractivity contribution in [3.63, 3.8) is 0 Å². The molecule has 2 saturated heterocycles. The van der Waals surface area contributed by atoms with E-state index < -0.39 is 0 Å². The summed E-state index contributed by atoms with van der Waals surface area (Å²) in [4.78, 5) is 14.1. The maximum atomic E-state index is 14.1. The van der Waals surface area contributed by atoms with Crippen molar-refractivity contribution < 1.29 is 18.7 Å². The van der Waals surface area contributed by atoms with E-state index in [0.29, 0.717) is 6.54 Å². The Labute approximate surface area is 169 Å². The van der Waals surface area contributed by atoms with Gasteiger partial charge in [-0.05, 0) is 49.2 Å². The Morgan fingerprint density at radius 3 is 2.93 bits per heavy atom. The summed E-state index contributed by atoms with van der Waals surface area (Å²) >= 11 is 0. The Morgan fingerprint density at radius 2 is 2.07 bits per heavy atom. The van der Waals surface area contributed by atoms with Crippen molar-refractivity contribution >= 4 is 17.3 Å². The van der Waals surface area contributed by atoms with Crippen LogP contribution >= 0.6 is 0 Å². The quantitative estimate of drug-likeness (QED) is 0.795. The van der Waals surface area contributed by atoms with Crippen molar-refractivity contribution in [1.29, 1.82) is 0 Å². The van der Waals surface area contributed by atoms with E-state index in [9.17, 15) is 9.18 Å². The zero-order valence-corrected chi connectivity index (χ0v) is 16.4. The van der Waals surface area contributed by atoms with E-state index in [4.69, 9.17) is 9.47 Å². The van der Waals surface area contributed by atoms with Crippen LogP contribution in [0, 0.1) is 11.7 Å². The molecule has 2 aromatic rings. The predicted octanol–water partition coefficient (Wildman–Crippen LogP) is 3.99. The number of para-hydroxylation sites is 1. The molecular weight excluding hydrogens is 371 g/mol. The number of benzene rings is 2. The molecule has 5 nitrogen and oxygen atoms in total. The highest BCUT2D eigenvalue weighted by molar-refractivity contribution is 5.73. The first-order chi connectivity index (χ1) is 14.1. The molecule has 2 fully saturated rings. The number of hydrogen-bond acceptors (Lipinski definition) is 5. The summed E-state index contributed by atoms with van der Waals surface area (Å²) < 4.78 is 25.5. The summed E-state index contributed by atoms with van der Waals surface area (Å²) in [6.07, 6.45) is 1.57. The second kappa shape index (κ2) is 7.43. The number of rotatable bonds is 3. The fourth-order valence-electron chi connectivity index (χ4n) is 5.07. The summed E-state index contributed by atoms with van der Waals surface area (Å²) in [6.45, 7) is 2.37. The van der Waals surface area contributed by atoms with E-state index in [1.807, 2.05) is 12.1 Å². The van der Waals surface area contributed by atoms with E-state index in [-0.39, 0.29) is 35.8 Å². The lowest BCUT2D eigenvalue weighted by atomic mass is 9.87. The van der Waals surface area contributed by atoms with Gasteiger partial charge < -0.3 is 14.8 Å². The van der Waals surface area contributed by atoms with Gasteiger partial charge in [0.15, 0.2) is 0 Å². The van der Waals surface area contributed by atoms with Gasteiger partial charge in [-0.1, -0.05) is 18.2 Å². The molecule has 0 saturated carbocycles. The largest absolute Gasteiger partial charge is 0.469 e. The van der Waals surface area contributed by atoms with Crippen LogP contribution in [0.4, 0.5) is 15.8 Å². The number of carbonyl (C=O) groups is 1. The van der Waals surface area contributed by atoms with Crippen molar-refractivity contribution in [1.82, 2.24) is 4.90 Å². The van der Waals surface area contributed by atoms with Crippen LogP contribution in [0.1, 0.15) is 36.0 Å². The SMILES string of the molecule is COC(=O)C1CCN(CC2CC3c4ccccc4Nc4ccc(F)cc4C3O2)C1. The summed E-state index contributed by atoms with van der Waals surface area (Å²) in [7, 11) is 1.45. The molecule has 4 unspecified atom stereocenters. The molecule has 6 heteroatoms. The summed E-state index contributed by atoms with van der Waals surface area (Å²) in [5, 5.41) is 3.46. The van der Waals surface area contributed by atoms with Gasteiger partial charge in [0.25, 0.3) is 0 Å². The lowest BCUT2D eigenvalue weighted by Crippen LogP contribution is -2.31. The number of nitrogens with one attached hydrogen (secondary N) is 1. The molecule has 2 aromatic carbocycles. The van der Waals surface area contributed by atoms with Crippen LogP contribution in [-0.4, -0.2) is 43.7 Å². The van der Waals surface area contributed by atoms with Gasteiger partial charge in [-0.25, -0.2) is 4.39 Å². The van der Waals surface area contributed by atoms with Gasteiger partial charge in [0.2, 0.25) is 0 Å². The van der Waals surface area contributed by atoms with Crippen molar-refractivity contribution in [2.45, 2.75) is 31.0 Å². The molecule has 29 heavy (non-hydrogen) atoms. The number of fused-ring (bicyclic) bond motifs is 5. The molecule has 3 heterocycles. The molecule has 152 valence electrons. The number of methoxy groups -OCH3 is 1. The third-order valence-electron chi connectivity index (χ3n) is 6.44. The molecule has 0 radical (unpaired) electrons. The van der Waals surface area contributed by atoms with Gasteiger partial charge in [0, 0.05) is 35.9 Å². The molecule has 3 aliphatic rings. The first kappa shape index (κ1) is 18.6. The highest BCUT2D eigenvalue weighted by atomic mass is 19.1. The Bertz CT molecular complexity index is 934. The number of carbonyl (C=O) groups excluding carboxylic acids is 1. The van der Waals surface area contributed by atoms with Crippen LogP contribution in [0.2, 0.25) is 0 Å². The second-order valence-corrected chi connectivity index (χ2v) is 8.23. The second-order valence-electron chi connectivity index (χ2n) is 8.23. The van der Waals surface area contributed by atoms with Gasteiger partial charge in [-0.2, -0.15) is 0 Å². The third-order valence-corrected chi connectivity index (χ3v) is 6.44. The number of nitrogens with zero attached hydrogens (tertiary/aromatic N) is 1. The molecule has 3 aliphatic heterocycles. The fourth-order valence-corrected chi connectivity index (χ4v) is 5.07. The van der Waals surface area contributed by atoms with Gasteiger partial charge in [0.1, 0.15) is 5.82 Å². The number of halogens is 1. The number of anilines is 2. The average molecular weight is 396 g/mol. The van der Waals surface area contributed by atoms with E-state index >= 15 is 0 Å². The molecule has 1 N–H and O–H groups in total. The molecule has 0 aromatic heterocycles. The van der Waals surface area contributed by atoms with E-state index in [0.717, 1.165) is 42.9 Å². The van der Waals surface area contributed by atoms with Gasteiger partial charge in [-0.3, -0.25) is 9.69 Å². The van der Waals surface area contributed by atoms with Crippen LogP contribution in [0.25, 0.3) is 0 Å². The fraction of sp³-hybridized carbons (Fsp3) is 0.435. The predicted molar refractivity (Wildman–Crippen MR) is 108 cm³/mol. The van der Waals surface area contributed by atoms with Crippen molar-refractivity contribution in [3.05, 3.63) is 59.4 Å². The summed E-state index contributed by atoms with van der Waals surface area (Å²) in [6, 6.07) is 13.1. The van der Waals surface area contributed by atoms with Crippen molar-refractivity contribution in [2.75, 3.05) is 32.1 Å². The van der Waals surface area contributed by atoms with Crippen LogP contribution < -0.4 is 5.32 Å². The van der Waals surface area contributed by atoms with Gasteiger partial charge in [0.05, 0.1) is 25.2 Å². The van der Waals surface area contributed by atoms with Gasteiger partial charge in [-0.15, -0.1) is 0 Å². The number of ether oxygens (including phenoxy) is 2. The molecule has 4 atom stereocenters. The first-order valence-electron chi connectivity index (χ1n) is 10.2. The normalized spacial score (nSPS) is 28.1. The smallest absolute Gasteiger partial charge is 0.310 e. The lowest BCUT2D eigenvalue weighted by molar-refractivity contribution is -0.145. The topological polar surface area (TPSA) is 50.8 Å². The van der Waals surface area contributed by atoms with E-state index in [2.05, 4.69) is 22.3 Å². The standard InChI is InChI=1S/C23H25FN2O3/c1-28-23(27)14-8-9-26(12-14)13-16-11-18-17-4-2-3-5-20(17)25-21-7-6-15(24)10-19(21)22(18)29-16/h2-7,10,14,16,18,22,25H,8-9,11-13H2,1H3. The zero-order chi connectivity index (χ0) is 20.0. The molecule has 5 rings (SSSR count). The Kier molecular flexibility index (Phi) is 4.76. The van der Waals surface area contributed by atoms with Crippen LogP contribution in [0.3, 0.4) is 0 Å².